The van der Waals surface area contributed by atoms with E-state index in [2.05, 4.69) is 34.4 Å². The lowest BCUT2D eigenvalue weighted by Crippen LogP contribution is -2.42. The fraction of sp³-hybridized carbons (Fsp3) is 0.406. The number of methoxy groups -OCH3 is 2. The molecule has 1 unspecified atom stereocenters. The van der Waals surface area contributed by atoms with Gasteiger partial charge in [-0.1, -0.05) is 32.0 Å². The molecule has 0 saturated carbocycles. The Balaban J connectivity index is 1.47. The molecule has 10 heteroatoms. The van der Waals surface area contributed by atoms with Crippen LogP contribution in [0.3, 0.4) is 0 Å². The summed E-state index contributed by atoms with van der Waals surface area (Å²) in [5.74, 6) is 2.69. The Kier molecular flexibility index (Phi) is 8.82. The molecular formula is C32H39N5O4S. The number of carbonyl (C=O) groups excluding carboxylic acids is 2. The van der Waals surface area contributed by atoms with Crippen LogP contribution in [0, 0.1) is 12.3 Å². The molecule has 9 nitrogen and oxygen atoms in total. The number of anilines is 2. The molecule has 0 bridgehead atoms. The first-order valence-electron chi connectivity index (χ1n) is 14.1. The standard InChI is InChI=1S/C32H39N5O4S/c1-20-24(35-19-34-20)18-42-13-12-33-29(39)17-37-25-9-7-6-8-22(25)36-23-15-32(2,3)16-26(38)30(23)31(37)21-10-11-27(40-4)28(14-21)41-5/h6-11,14,19,31,36H,12-13,15-18H2,1-5H3,(H,33,39)(H,34,35). The van der Waals surface area contributed by atoms with Gasteiger partial charge in [-0.3, -0.25) is 9.59 Å². The van der Waals surface area contributed by atoms with Gasteiger partial charge in [0.15, 0.2) is 17.3 Å². The number of rotatable bonds is 10. The Labute approximate surface area is 251 Å². The number of H-pyrrole nitrogens is 1. The Bertz CT molecular complexity index is 1500. The lowest BCUT2D eigenvalue weighted by atomic mass is 9.73. The van der Waals surface area contributed by atoms with Crippen LogP contribution in [0.2, 0.25) is 0 Å². The van der Waals surface area contributed by atoms with Gasteiger partial charge in [-0.15, -0.1) is 0 Å². The average Bonchev–Trinajstić information content (AvgIpc) is 3.31. The monoisotopic (exact) mass is 589 g/mol. The molecule has 222 valence electrons. The summed E-state index contributed by atoms with van der Waals surface area (Å²) in [6, 6.07) is 13.1. The van der Waals surface area contributed by atoms with Crippen molar-refractivity contribution < 1.29 is 19.1 Å². The molecule has 0 spiro atoms. The largest absolute Gasteiger partial charge is 0.493 e. The number of aromatic amines is 1. The fourth-order valence-electron chi connectivity index (χ4n) is 5.77. The van der Waals surface area contributed by atoms with Crippen LogP contribution in [0.4, 0.5) is 11.4 Å². The number of para-hydroxylation sites is 2. The van der Waals surface area contributed by atoms with Crippen LogP contribution >= 0.6 is 11.8 Å². The van der Waals surface area contributed by atoms with E-state index < -0.39 is 6.04 Å². The molecule has 1 aliphatic carbocycles. The Morgan fingerprint density at radius 2 is 1.93 bits per heavy atom. The first kappa shape index (κ1) is 29.6. The van der Waals surface area contributed by atoms with Crippen molar-refractivity contribution in [1.82, 2.24) is 15.3 Å². The van der Waals surface area contributed by atoms with Crippen molar-refractivity contribution in [1.29, 1.82) is 0 Å². The molecule has 3 aromatic rings. The van der Waals surface area contributed by atoms with E-state index in [1.165, 1.54) is 0 Å². The number of amides is 1. The van der Waals surface area contributed by atoms with Crippen LogP contribution in [0.25, 0.3) is 0 Å². The van der Waals surface area contributed by atoms with E-state index in [-0.39, 0.29) is 23.7 Å². The lowest BCUT2D eigenvalue weighted by molar-refractivity contribution is -0.120. The van der Waals surface area contributed by atoms with Gasteiger partial charge >= 0.3 is 0 Å². The van der Waals surface area contributed by atoms with Crippen molar-refractivity contribution in [3.63, 3.8) is 0 Å². The number of nitrogens with zero attached hydrogens (tertiary/aromatic N) is 2. The van der Waals surface area contributed by atoms with Gasteiger partial charge in [-0.25, -0.2) is 4.98 Å². The molecule has 3 N–H and O–H groups in total. The van der Waals surface area contributed by atoms with Gasteiger partial charge in [0.2, 0.25) is 5.91 Å². The summed E-state index contributed by atoms with van der Waals surface area (Å²) in [5.41, 5.74) is 6.08. The zero-order chi connectivity index (χ0) is 29.9. The van der Waals surface area contributed by atoms with Crippen LogP contribution in [0.5, 0.6) is 11.5 Å². The van der Waals surface area contributed by atoms with Crippen LogP contribution < -0.4 is 25.0 Å². The van der Waals surface area contributed by atoms with Gasteiger partial charge in [0.05, 0.1) is 50.2 Å². The molecular weight excluding hydrogens is 550 g/mol. The summed E-state index contributed by atoms with van der Waals surface area (Å²) >= 11 is 1.73. The number of benzene rings is 2. The van der Waals surface area contributed by atoms with E-state index in [9.17, 15) is 9.59 Å². The Morgan fingerprint density at radius 1 is 1.14 bits per heavy atom. The molecule has 1 amide bonds. The summed E-state index contributed by atoms with van der Waals surface area (Å²) in [6.45, 7) is 6.85. The summed E-state index contributed by atoms with van der Waals surface area (Å²) in [7, 11) is 3.20. The molecule has 5 rings (SSSR count). The second-order valence-electron chi connectivity index (χ2n) is 11.5. The number of aromatic nitrogens is 2. The number of thioether (sulfide) groups is 1. The van der Waals surface area contributed by atoms with E-state index in [1.54, 1.807) is 32.3 Å². The molecule has 2 aromatic carbocycles. The summed E-state index contributed by atoms with van der Waals surface area (Å²) in [6.07, 6.45) is 2.86. The Morgan fingerprint density at radius 3 is 2.67 bits per heavy atom. The molecule has 0 radical (unpaired) electrons. The van der Waals surface area contributed by atoms with E-state index >= 15 is 0 Å². The molecule has 42 heavy (non-hydrogen) atoms. The van der Waals surface area contributed by atoms with Crippen LogP contribution in [0.1, 0.15) is 49.7 Å². The maximum absolute atomic E-state index is 13.9. The fourth-order valence-corrected chi connectivity index (χ4v) is 6.65. The van der Waals surface area contributed by atoms with Gasteiger partial charge in [0.25, 0.3) is 0 Å². The normalized spacial score (nSPS) is 17.6. The number of hydrogen-bond donors (Lipinski definition) is 3. The number of ether oxygens (including phenoxy) is 2. The summed E-state index contributed by atoms with van der Waals surface area (Å²) in [5, 5.41) is 6.69. The third-order valence-corrected chi connectivity index (χ3v) is 8.75. The maximum Gasteiger partial charge on any atom is 0.239 e. The SMILES string of the molecule is COc1ccc(C2C3=C(CC(C)(C)CC3=O)Nc3ccccc3N2CC(=O)NCCSCc2nc[nH]c2C)cc1OC. The highest BCUT2D eigenvalue weighted by Gasteiger charge is 2.42. The number of ketones is 1. The molecule has 0 fully saturated rings. The number of fused-ring (bicyclic) bond motifs is 1. The highest BCUT2D eigenvalue weighted by molar-refractivity contribution is 7.98. The molecule has 1 aliphatic heterocycles. The minimum Gasteiger partial charge on any atom is -0.493 e. The topological polar surface area (TPSA) is 109 Å². The van der Waals surface area contributed by atoms with E-state index in [0.29, 0.717) is 30.0 Å². The van der Waals surface area contributed by atoms with Gasteiger partial charge in [-0.05, 0) is 48.6 Å². The summed E-state index contributed by atoms with van der Waals surface area (Å²) < 4.78 is 11.1. The highest BCUT2D eigenvalue weighted by Crippen LogP contribution is 2.49. The van der Waals surface area contributed by atoms with Crippen molar-refractivity contribution in [2.24, 2.45) is 5.41 Å². The van der Waals surface area contributed by atoms with E-state index in [0.717, 1.165) is 51.9 Å². The third kappa shape index (κ3) is 6.28. The van der Waals surface area contributed by atoms with Crippen molar-refractivity contribution >= 4 is 34.8 Å². The van der Waals surface area contributed by atoms with Crippen molar-refractivity contribution in [2.45, 2.75) is 45.4 Å². The first-order chi connectivity index (χ1) is 20.2. The van der Waals surface area contributed by atoms with E-state index in [1.807, 2.05) is 54.3 Å². The zero-order valence-electron chi connectivity index (χ0n) is 24.9. The van der Waals surface area contributed by atoms with Crippen LogP contribution in [-0.2, 0) is 15.3 Å². The minimum absolute atomic E-state index is 0.0777. The minimum atomic E-state index is -0.498. The van der Waals surface area contributed by atoms with Gasteiger partial charge < -0.3 is 30.0 Å². The quantitative estimate of drug-likeness (QED) is 0.270. The van der Waals surface area contributed by atoms with E-state index in [4.69, 9.17) is 9.47 Å². The van der Waals surface area contributed by atoms with Crippen molar-refractivity contribution in [2.75, 3.05) is 43.3 Å². The van der Waals surface area contributed by atoms with Gasteiger partial charge in [-0.2, -0.15) is 11.8 Å². The number of nitrogens with one attached hydrogen (secondary N) is 3. The lowest BCUT2D eigenvalue weighted by Gasteiger charge is -2.38. The number of allylic oxidation sites excluding steroid dienone is 1. The van der Waals surface area contributed by atoms with Crippen LogP contribution in [0.15, 0.2) is 60.1 Å². The predicted molar refractivity (Wildman–Crippen MR) is 167 cm³/mol. The smallest absolute Gasteiger partial charge is 0.239 e. The number of carbonyl (C=O) groups is 2. The molecule has 2 heterocycles. The summed E-state index contributed by atoms with van der Waals surface area (Å²) in [4.78, 5) is 36.9. The molecule has 0 saturated heterocycles. The molecule has 1 atom stereocenters. The maximum atomic E-state index is 13.9. The second kappa shape index (κ2) is 12.5. The van der Waals surface area contributed by atoms with Crippen molar-refractivity contribution in [3.05, 3.63) is 77.0 Å². The van der Waals surface area contributed by atoms with Gasteiger partial charge in [0.1, 0.15) is 0 Å². The zero-order valence-corrected chi connectivity index (χ0v) is 25.7. The Hall–Kier alpha value is -3.92. The number of aryl methyl sites for hydroxylation is 1. The molecule has 2 aliphatic rings. The van der Waals surface area contributed by atoms with Gasteiger partial charge in [0, 0.05) is 41.4 Å². The number of hydrogen-bond acceptors (Lipinski definition) is 8. The predicted octanol–water partition coefficient (Wildman–Crippen LogP) is 5.40. The van der Waals surface area contributed by atoms with Crippen LogP contribution in [-0.4, -0.2) is 54.7 Å². The molecule has 1 aromatic heterocycles. The van der Waals surface area contributed by atoms with Crippen molar-refractivity contribution in [3.8, 4) is 11.5 Å². The number of Topliss-reactive ketones (excluding diaryl/α,β-unsaturated/α-hetero) is 1. The highest BCUT2D eigenvalue weighted by atomic mass is 32.2. The average molecular weight is 590 g/mol. The second-order valence-corrected chi connectivity index (χ2v) is 12.6. The third-order valence-electron chi connectivity index (χ3n) is 7.78. The number of imidazole rings is 1. The first-order valence-corrected chi connectivity index (χ1v) is 15.3.